The molecule has 0 spiro atoms. The van der Waals surface area contributed by atoms with Crippen molar-refractivity contribution < 1.29 is 14.3 Å². The normalized spacial score (nSPS) is 10.9. The first-order valence-electron chi connectivity index (χ1n) is 6.38. The fraction of sp³-hybridized carbons (Fsp3) is 0.429. The molecule has 0 aliphatic heterocycles. The summed E-state index contributed by atoms with van der Waals surface area (Å²) < 4.78 is 5.30. The number of hydrogen-bond acceptors (Lipinski definition) is 4. The summed E-state index contributed by atoms with van der Waals surface area (Å²) in [5, 5.41) is 2.66. The summed E-state index contributed by atoms with van der Waals surface area (Å²) in [5.74, 6) is -0.236. The van der Waals surface area contributed by atoms with Crippen molar-refractivity contribution in [3.05, 3.63) is 23.8 Å². The van der Waals surface area contributed by atoms with Gasteiger partial charge in [0.15, 0.2) is 0 Å². The Hall–Kier alpha value is -2.24. The highest BCUT2D eigenvalue weighted by Crippen LogP contribution is 2.22. The van der Waals surface area contributed by atoms with E-state index in [1.54, 1.807) is 26.0 Å². The van der Waals surface area contributed by atoms with E-state index < -0.39 is 11.3 Å². The highest BCUT2D eigenvalue weighted by Gasteiger charge is 2.25. The van der Waals surface area contributed by atoms with E-state index in [0.29, 0.717) is 23.6 Å². The maximum atomic E-state index is 12.0. The molecule has 6 heteroatoms. The molecule has 1 aromatic rings. The Kier molecular flexibility index (Phi) is 4.96. The Labute approximate surface area is 118 Å². The number of anilines is 1. The van der Waals surface area contributed by atoms with Crippen LogP contribution in [0.4, 0.5) is 5.69 Å². The van der Waals surface area contributed by atoms with Gasteiger partial charge in [-0.1, -0.05) is 0 Å². The third kappa shape index (κ3) is 3.88. The fourth-order valence-electron chi connectivity index (χ4n) is 1.47. The second kappa shape index (κ2) is 6.27. The molecule has 110 valence electrons. The SMILES string of the molecule is CCOc1ccc(C(=O)NCC(C)(C)C(N)=O)cc1N. The predicted molar refractivity (Wildman–Crippen MR) is 77.3 cm³/mol. The number of nitrogens with two attached hydrogens (primary N) is 2. The zero-order valence-electron chi connectivity index (χ0n) is 12.0. The van der Waals surface area contributed by atoms with Crippen LogP contribution >= 0.6 is 0 Å². The minimum absolute atomic E-state index is 0.161. The molecule has 0 fully saturated rings. The number of carbonyl (C=O) groups excluding carboxylic acids is 2. The lowest BCUT2D eigenvalue weighted by molar-refractivity contribution is -0.125. The maximum Gasteiger partial charge on any atom is 0.251 e. The van der Waals surface area contributed by atoms with Crippen LogP contribution in [0.2, 0.25) is 0 Å². The number of nitrogens with one attached hydrogen (secondary N) is 1. The first kappa shape index (κ1) is 15.8. The number of benzene rings is 1. The highest BCUT2D eigenvalue weighted by atomic mass is 16.5. The van der Waals surface area contributed by atoms with Crippen molar-refractivity contribution >= 4 is 17.5 Å². The first-order valence-corrected chi connectivity index (χ1v) is 6.38. The van der Waals surface area contributed by atoms with E-state index in [1.807, 2.05) is 6.92 Å². The maximum absolute atomic E-state index is 12.0. The smallest absolute Gasteiger partial charge is 0.251 e. The van der Waals surface area contributed by atoms with Gasteiger partial charge in [0.2, 0.25) is 5.91 Å². The van der Waals surface area contributed by atoms with Gasteiger partial charge in [-0.3, -0.25) is 9.59 Å². The first-order chi connectivity index (χ1) is 9.27. The molecule has 0 radical (unpaired) electrons. The predicted octanol–water partition coefficient (Wildman–Crippen LogP) is 0.909. The summed E-state index contributed by atoms with van der Waals surface area (Å²) in [7, 11) is 0. The van der Waals surface area contributed by atoms with Gasteiger partial charge in [-0.25, -0.2) is 0 Å². The van der Waals surface area contributed by atoms with Crippen LogP contribution in [0.1, 0.15) is 31.1 Å². The van der Waals surface area contributed by atoms with Crippen LogP contribution in [0.15, 0.2) is 18.2 Å². The lowest BCUT2D eigenvalue weighted by Gasteiger charge is -2.20. The second-order valence-electron chi connectivity index (χ2n) is 5.12. The molecule has 0 atom stereocenters. The van der Waals surface area contributed by atoms with E-state index in [2.05, 4.69) is 5.32 Å². The van der Waals surface area contributed by atoms with Crippen LogP contribution in [-0.4, -0.2) is 25.0 Å². The second-order valence-corrected chi connectivity index (χ2v) is 5.12. The van der Waals surface area contributed by atoms with Gasteiger partial charge in [-0.15, -0.1) is 0 Å². The van der Waals surface area contributed by atoms with Crippen LogP contribution in [0, 0.1) is 5.41 Å². The Balaban J connectivity index is 2.74. The van der Waals surface area contributed by atoms with Gasteiger partial charge in [0.25, 0.3) is 5.91 Å². The van der Waals surface area contributed by atoms with Crippen molar-refractivity contribution in [2.24, 2.45) is 11.1 Å². The molecular weight excluding hydrogens is 258 g/mol. The molecule has 0 saturated carbocycles. The van der Waals surface area contributed by atoms with Gasteiger partial charge >= 0.3 is 0 Å². The Morgan fingerprint density at radius 3 is 2.50 bits per heavy atom. The standard InChI is InChI=1S/C14H21N3O3/c1-4-20-11-6-5-9(7-10(11)15)12(18)17-8-14(2,3)13(16)19/h5-7H,4,8,15H2,1-3H3,(H2,16,19)(H,17,18). The van der Waals surface area contributed by atoms with Gasteiger partial charge in [-0.2, -0.15) is 0 Å². The van der Waals surface area contributed by atoms with Crippen molar-refractivity contribution in [2.45, 2.75) is 20.8 Å². The van der Waals surface area contributed by atoms with Crippen molar-refractivity contribution in [3.63, 3.8) is 0 Å². The van der Waals surface area contributed by atoms with Crippen LogP contribution in [0.25, 0.3) is 0 Å². The molecule has 1 aromatic carbocycles. The third-order valence-electron chi connectivity index (χ3n) is 2.93. The summed E-state index contributed by atoms with van der Waals surface area (Å²) in [6.07, 6.45) is 0. The Bertz CT molecular complexity index is 512. The number of nitrogen functional groups attached to an aromatic ring is 1. The number of primary amides is 1. The molecule has 20 heavy (non-hydrogen) atoms. The minimum atomic E-state index is -0.799. The van der Waals surface area contributed by atoms with Gasteiger partial charge in [0, 0.05) is 12.1 Å². The molecule has 2 amide bonds. The average Bonchev–Trinajstić information content (AvgIpc) is 2.38. The van der Waals surface area contributed by atoms with E-state index in [9.17, 15) is 9.59 Å². The van der Waals surface area contributed by atoms with Crippen LogP contribution in [0.3, 0.4) is 0 Å². The lowest BCUT2D eigenvalue weighted by Crippen LogP contribution is -2.42. The number of rotatable bonds is 6. The van der Waals surface area contributed by atoms with Crippen molar-refractivity contribution in [2.75, 3.05) is 18.9 Å². The van der Waals surface area contributed by atoms with Crippen molar-refractivity contribution in [1.29, 1.82) is 0 Å². The van der Waals surface area contributed by atoms with E-state index in [4.69, 9.17) is 16.2 Å². The van der Waals surface area contributed by atoms with Gasteiger partial charge in [0.1, 0.15) is 5.75 Å². The molecule has 0 aliphatic carbocycles. The Morgan fingerprint density at radius 2 is 2.00 bits per heavy atom. The van der Waals surface area contributed by atoms with Gasteiger partial charge in [0.05, 0.1) is 17.7 Å². The molecule has 0 bridgehead atoms. The number of ether oxygens (including phenoxy) is 1. The van der Waals surface area contributed by atoms with Gasteiger partial charge in [-0.05, 0) is 39.0 Å². The number of carbonyl (C=O) groups is 2. The molecule has 6 nitrogen and oxygen atoms in total. The highest BCUT2D eigenvalue weighted by molar-refractivity contribution is 5.95. The van der Waals surface area contributed by atoms with Crippen molar-refractivity contribution in [1.82, 2.24) is 5.32 Å². The largest absolute Gasteiger partial charge is 0.492 e. The van der Waals surface area contributed by atoms with Crippen LogP contribution in [-0.2, 0) is 4.79 Å². The summed E-state index contributed by atoms with van der Waals surface area (Å²) in [6, 6.07) is 4.80. The third-order valence-corrected chi connectivity index (χ3v) is 2.93. The summed E-state index contributed by atoms with van der Waals surface area (Å²) in [6.45, 7) is 5.85. The monoisotopic (exact) mass is 279 g/mol. The fourth-order valence-corrected chi connectivity index (χ4v) is 1.47. The Morgan fingerprint density at radius 1 is 1.35 bits per heavy atom. The zero-order valence-corrected chi connectivity index (χ0v) is 12.0. The van der Waals surface area contributed by atoms with E-state index in [-0.39, 0.29) is 12.5 Å². The lowest BCUT2D eigenvalue weighted by atomic mass is 9.92. The van der Waals surface area contributed by atoms with Crippen LogP contribution in [0.5, 0.6) is 5.75 Å². The molecule has 5 N–H and O–H groups in total. The van der Waals surface area contributed by atoms with E-state index in [0.717, 1.165) is 0 Å². The zero-order chi connectivity index (χ0) is 15.3. The quantitative estimate of drug-likeness (QED) is 0.672. The summed E-state index contributed by atoms with van der Waals surface area (Å²) >= 11 is 0. The number of hydrogen-bond donors (Lipinski definition) is 3. The van der Waals surface area contributed by atoms with Gasteiger partial charge < -0.3 is 21.5 Å². The summed E-state index contributed by atoms with van der Waals surface area (Å²) in [4.78, 5) is 23.2. The molecule has 0 saturated heterocycles. The molecule has 0 aliphatic rings. The average molecular weight is 279 g/mol. The van der Waals surface area contributed by atoms with Crippen molar-refractivity contribution in [3.8, 4) is 5.75 Å². The minimum Gasteiger partial charge on any atom is -0.492 e. The summed E-state index contributed by atoms with van der Waals surface area (Å²) in [5.41, 5.74) is 11.0. The molecular formula is C14H21N3O3. The van der Waals surface area contributed by atoms with E-state index >= 15 is 0 Å². The molecule has 0 heterocycles. The molecule has 0 unspecified atom stereocenters. The van der Waals surface area contributed by atoms with Crippen LogP contribution < -0.4 is 21.5 Å². The molecule has 1 rings (SSSR count). The molecule has 0 aromatic heterocycles. The topological polar surface area (TPSA) is 107 Å². The van der Waals surface area contributed by atoms with E-state index in [1.165, 1.54) is 6.07 Å². The number of amides is 2.